The van der Waals surface area contributed by atoms with E-state index in [1.807, 2.05) is 0 Å². The summed E-state index contributed by atoms with van der Waals surface area (Å²) >= 11 is 11.7. The summed E-state index contributed by atoms with van der Waals surface area (Å²) in [6.45, 7) is 1.68. The van der Waals surface area contributed by atoms with Crippen molar-refractivity contribution in [1.29, 1.82) is 0 Å². The quantitative estimate of drug-likeness (QED) is 0.908. The fourth-order valence-electron chi connectivity index (χ4n) is 1.29. The molecule has 0 aliphatic carbocycles. The largest absolute Gasteiger partial charge is 0.364 e. The van der Waals surface area contributed by atoms with E-state index in [-0.39, 0.29) is 5.91 Å². The highest BCUT2D eigenvalue weighted by atomic mass is 35.5. The highest BCUT2D eigenvalue weighted by Gasteiger charge is 2.14. The van der Waals surface area contributed by atoms with Crippen LogP contribution in [0.1, 0.15) is 16.1 Å². The van der Waals surface area contributed by atoms with Gasteiger partial charge in [0.05, 0.1) is 16.4 Å². The van der Waals surface area contributed by atoms with Gasteiger partial charge in [0.15, 0.2) is 0 Å². The van der Waals surface area contributed by atoms with Crippen molar-refractivity contribution in [2.24, 2.45) is 0 Å². The van der Waals surface area contributed by atoms with E-state index < -0.39 is 0 Å². The van der Waals surface area contributed by atoms with E-state index >= 15 is 0 Å². The minimum Gasteiger partial charge on any atom is -0.364 e. The van der Waals surface area contributed by atoms with Crippen molar-refractivity contribution in [3.63, 3.8) is 0 Å². The van der Waals surface area contributed by atoms with Gasteiger partial charge in [0, 0.05) is 5.02 Å². The number of amides is 1. The summed E-state index contributed by atoms with van der Waals surface area (Å²) in [7, 11) is 0. The molecule has 4 nitrogen and oxygen atoms in total. The molecule has 1 amide bonds. The van der Waals surface area contributed by atoms with Crippen LogP contribution in [0.3, 0.4) is 0 Å². The van der Waals surface area contributed by atoms with Crippen molar-refractivity contribution in [2.75, 3.05) is 5.32 Å². The zero-order chi connectivity index (χ0) is 12.4. The Morgan fingerprint density at radius 1 is 1.41 bits per heavy atom. The van der Waals surface area contributed by atoms with Crippen LogP contribution in [-0.4, -0.2) is 11.1 Å². The van der Waals surface area contributed by atoms with Crippen LogP contribution in [0.25, 0.3) is 0 Å². The van der Waals surface area contributed by atoms with E-state index in [0.29, 0.717) is 27.0 Å². The molecule has 0 aliphatic heterocycles. The number of anilines is 1. The molecule has 0 spiro atoms. The molecule has 1 aromatic carbocycles. The average Bonchev–Trinajstić information content (AvgIpc) is 2.68. The van der Waals surface area contributed by atoms with Gasteiger partial charge >= 0.3 is 0 Å². The Labute approximate surface area is 108 Å². The topological polar surface area (TPSA) is 55.1 Å². The lowest BCUT2D eigenvalue weighted by atomic mass is 10.2. The lowest BCUT2D eigenvalue weighted by Crippen LogP contribution is -2.12. The molecule has 17 heavy (non-hydrogen) atoms. The predicted octanol–water partition coefficient (Wildman–Crippen LogP) is 3.54. The Kier molecular flexibility index (Phi) is 3.36. The smallest absolute Gasteiger partial charge is 0.260 e. The monoisotopic (exact) mass is 270 g/mol. The van der Waals surface area contributed by atoms with E-state index in [4.69, 9.17) is 23.2 Å². The standard InChI is InChI=1S/C11H8Cl2N2O2/c1-6-8(5-17-15-6)11(16)14-10-3-2-7(12)4-9(10)13/h2-5H,1H3,(H,14,16). The molecular weight excluding hydrogens is 263 g/mol. The van der Waals surface area contributed by atoms with Gasteiger partial charge in [0.25, 0.3) is 5.91 Å². The zero-order valence-electron chi connectivity index (χ0n) is 8.83. The molecule has 2 aromatic rings. The van der Waals surface area contributed by atoms with E-state index in [1.54, 1.807) is 25.1 Å². The van der Waals surface area contributed by atoms with Crippen molar-refractivity contribution in [2.45, 2.75) is 6.92 Å². The third-order valence-electron chi connectivity index (χ3n) is 2.17. The second-order valence-electron chi connectivity index (χ2n) is 3.39. The Balaban J connectivity index is 2.22. The molecule has 0 saturated carbocycles. The fraction of sp³-hybridized carbons (Fsp3) is 0.0909. The first-order valence-corrected chi connectivity index (χ1v) is 5.51. The summed E-state index contributed by atoms with van der Waals surface area (Å²) in [4.78, 5) is 11.8. The van der Waals surface area contributed by atoms with Crippen LogP contribution in [0, 0.1) is 6.92 Å². The zero-order valence-corrected chi connectivity index (χ0v) is 10.3. The normalized spacial score (nSPS) is 10.3. The van der Waals surface area contributed by atoms with Crippen molar-refractivity contribution < 1.29 is 9.32 Å². The number of halogens is 2. The van der Waals surface area contributed by atoms with Crippen molar-refractivity contribution in [3.8, 4) is 0 Å². The minimum absolute atomic E-state index is 0.326. The Morgan fingerprint density at radius 2 is 2.18 bits per heavy atom. The Hall–Kier alpha value is -1.52. The number of hydrogen-bond donors (Lipinski definition) is 1. The molecule has 1 aromatic heterocycles. The van der Waals surface area contributed by atoms with Crippen molar-refractivity contribution in [3.05, 3.63) is 45.8 Å². The molecule has 0 aliphatic rings. The summed E-state index contributed by atoms with van der Waals surface area (Å²) in [5, 5.41) is 7.16. The van der Waals surface area contributed by atoms with Gasteiger partial charge in [-0.25, -0.2) is 0 Å². The maximum atomic E-state index is 11.8. The molecule has 0 unspecified atom stereocenters. The van der Waals surface area contributed by atoms with Crippen LogP contribution in [0.5, 0.6) is 0 Å². The number of benzene rings is 1. The van der Waals surface area contributed by atoms with Crippen LogP contribution >= 0.6 is 23.2 Å². The number of carbonyl (C=O) groups excluding carboxylic acids is 1. The summed E-state index contributed by atoms with van der Waals surface area (Å²) < 4.78 is 4.69. The van der Waals surface area contributed by atoms with E-state index in [1.165, 1.54) is 6.26 Å². The summed E-state index contributed by atoms with van der Waals surface area (Å²) in [5.41, 5.74) is 1.38. The van der Waals surface area contributed by atoms with E-state index in [0.717, 1.165) is 0 Å². The predicted molar refractivity (Wildman–Crippen MR) is 65.7 cm³/mol. The molecule has 2 rings (SSSR count). The molecule has 6 heteroatoms. The Morgan fingerprint density at radius 3 is 2.76 bits per heavy atom. The molecule has 0 bridgehead atoms. The fourth-order valence-corrected chi connectivity index (χ4v) is 1.75. The van der Waals surface area contributed by atoms with Gasteiger partial charge in [-0.15, -0.1) is 0 Å². The van der Waals surface area contributed by atoms with Crippen molar-refractivity contribution in [1.82, 2.24) is 5.16 Å². The molecule has 1 N–H and O–H groups in total. The van der Waals surface area contributed by atoms with Gasteiger partial charge in [-0.1, -0.05) is 28.4 Å². The van der Waals surface area contributed by atoms with Crippen LogP contribution < -0.4 is 5.32 Å². The maximum absolute atomic E-state index is 11.8. The molecular formula is C11H8Cl2N2O2. The number of hydrogen-bond acceptors (Lipinski definition) is 3. The first kappa shape index (κ1) is 12.0. The van der Waals surface area contributed by atoms with Crippen LogP contribution in [-0.2, 0) is 0 Å². The lowest BCUT2D eigenvalue weighted by molar-refractivity contribution is 0.102. The number of carbonyl (C=O) groups is 1. The molecule has 0 saturated heterocycles. The third kappa shape index (κ3) is 2.60. The molecule has 0 fully saturated rings. The third-order valence-corrected chi connectivity index (χ3v) is 2.72. The highest BCUT2D eigenvalue weighted by Crippen LogP contribution is 2.25. The SMILES string of the molecule is Cc1nocc1C(=O)Nc1ccc(Cl)cc1Cl. The van der Waals surface area contributed by atoms with Crippen molar-refractivity contribution >= 4 is 34.8 Å². The highest BCUT2D eigenvalue weighted by molar-refractivity contribution is 6.36. The second-order valence-corrected chi connectivity index (χ2v) is 4.24. The number of aromatic nitrogens is 1. The first-order chi connectivity index (χ1) is 8.08. The molecule has 0 atom stereocenters. The van der Waals surface area contributed by atoms with Crippen LogP contribution in [0.4, 0.5) is 5.69 Å². The maximum Gasteiger partial charge on any atom is 0.260 e. The second kappa shape index (κ2) is 4.77. The van der Waals surface area contributed by atoms with Gasteiger partial charge in [0.1, 0.15) is 11.8 Å². The number of nitrogens with zero attached hydrogens (tertiary/aromatic N) is 1. The number of aryl methyl sites for hydroxylation is 1. The summed E-state index contributed by atoms with van der Waals surface area (Å²) in [6, 6.07) is 4.83. The van der Waals surface area contributed by atoms with E-state index in [2.05, 4.69) is 15.0 Å². The van der Waals surface area contributed by atoms with Gasteiger partial charge < -0.3 is 9.84 Å². The average molecular weight is 271 g/mol. The van der Waals surface area contributed by atoms with Crippen LogP contribution in [0.2, 0.25) is 10.0 Å². The van der Waals surface area contributed by atoms with Crippen LogP contribution in [0.15, 0.2) is 29.0 Å². The summed E-state index contributed by atoms with van der Waals surface area (Å²) in [6.07, 6.45) is 1.29. The van der Waals surface area contributed by atoms with Gasteiger partial charge in [-0.3, -0.25) is 4.79 Å². The minimum atomic E-state index is -0.326. The lowest BCUT2D eigenvalue weighted by Gasteiger charge is -2.06. The van der Waals surface area contributed by atoms with Gasteiger partial charge in [-0.05, 0) is 25.1 Å². The molecule has 88 valence electrons. The molecule has 0 radical (unpaired) electrons. The molecule has 1 heterocycles. The first-order valence-electron chi connectivity index (χ1n) is 4.75. The number of nitrogens with one attached hydrogen (secondary N) is 1. The number of rotatable bonds is 2. The van der Waals surface area contributed by atoms with E-state index in [9.17, 15) is 4.79 Å². The van der Waals surface area contributed by atoms with Gasteiger partial charge in [0.2, 0.25) is 0 Å². The Bertz CT molecular complexity index is 566. The summed E-state index contributed by atoms with van der Waals surface area (Å²) in [5.74, 6) is -0.326. The van der Waals surface area contributed by atoms with Gasteiger partial charge in [-0.2, -0.15) is 0 Å².